The summed E-state index contributed by atoms with van der Waals surface area (Å²) in [5.41, 5.74) is 1.000. The first-order valence-electron chi connectivity index (χ1n) is 7.61. The van der Waals surface area contributed by atoms with Gasteiger partial charge < -0.3 is 14.7 Å². The Hall–Kier alpha value is -2.04. The Bertz CT molecular complexity index is 557. The van der Waals surface area contributed by atoms with E-state index in [1.165, 1.54) is 0 Å². The monoisotopic (exact) mass is 305 g/mol. The van der Waals surface area contributed by atoms with Crippen molar-refractivity contribution in [3.05, 3.63) is 29.8 Å². The molecule has 3 atom stereocenters. The molecule has 0 aromatic heterocycles. The van der Waals surface area contributed by atoms with Crippen LogP contribution in [0, 0.1) is 5.92 Å². The fourth-order valence-electron chi connectivity index (χ4n) is 3.18. The second-order valence-corrected chi connectivity index (χ2v) is 5.91. The number of hydrogen-bond acceptors (Lipinski definition) is 3. The van der Waals surface area contributed by atoms with Gasteiger partial charge in [0.15, 0.2) is 0 Å². The summed E-state index contributed by atoms with van der Waals surface area (Å²) in [5.74, 6) is -0.457. The molecule has 1 amide bonds. The lowest BCUT2D eigenvalue weighted by Gasteiger charge is -2.25. The zero-order valence-corrected chi connectivity index (χ0v) is 13.3. The number of amides is 1. The lowest BCUT2D eigenvalue weighted by molar-refractivity contribution is -0.143. The minimum absolute atomic E-state index is 0.00894. The van der Waals surface area contributed by atoms with Gasteiger partial charge in [0.05, 0.1) is 13.0 Å². The molecule has 1 heterocycles. The van der Waals surface area contributed by atoms with Crippen LogP contribution in [-0.4, -0.2) is 41.6 Å². The second-order valence-electron chi connectivity index (χ2n) is 5.91. The van der Waals surface area contributed by atoms with E-state index in [1.807, 2.05) is 38.1 Å². The van der Waals surface area contributed by atoms with Crippen LogP contribution in [0.25, 0.3) is 0 Å². The summed E-state index contributed by atoms with van der Waals surface area (Å²) in [6.45, 7) is 4.33. The number of aliphatic carboxylic acids is 1. The smallest absolute Gasteiger partial charge is 0.308 e. The predicted octanol–water partition coefficient (Wildman–Crippen LogP) is 2.51. The Morgan fingerprint density at radius 3 is 2.68 bits per heavy atom. The SMILES string of the molecule is COc1ccccc1C(C)CC(=O)N1CCC(C(=O)O)C1C. The normalized spacial score (nSPS) is 22.4. The Morgan fingerprint density at radius 2 is 2.09 bits per heavy atom. The summed E-state index contributed by atoms with van der Waals surface area (Å²) >= 11 is 0. The molecule has 5 nitrogen and oxygen atoms in total. The van der Waals surface area contributed by atoms with Crippen LogP contribution >= 0.6 is 0 Å². The number of carboxylic acid groups (broad SMARTS) is 1. The highest BCUT2D eigenvalue weighted by Crippen LogP contribution is 2.31. The van der Waals surface area contributed by atoms with E-state index in [9.17, 15) is 9.59 Å². The van der Waals surface area contributed by atoms with E-state index in [0.29, 0.717) is 19.4 Å². The number of carbonyl (C=O) groups is 2. The number of likely N-dealkylation sites (tertiary alicyclic amines) is 1. The van der Waals surface area contributed by atoms with E-state index in [0.717, 1.165) is 11.3 Å². The number of ether oxygens (including phenoxy) is 1. The van der Waals surface area contributed by atoms with Gasteiger partial charge in [0, 0.05) is 19.0 Å². The van der Waals surface area contributed by atoms with Crippen molar-refractivity contribution < 1.29 is 19.4 Å². The number of hydrogen-bond donors (Lipinski definition) is 1. The number of para-hydroxylation sites is 1. The number of rotatable bonds is 5. The maximum Gasteiger partial charge on any atom is 0.308 e. The largest absolute Gasteiger partial charge is 0.496 e. The predicted molar refractivity (Wildman–Crippen MR) is 82.9 cm³/mol. The average molecular weight is 305 g/mol. The molecule has 1 fully saturated rings. The Labute approximate surface area is 130 Å². The lowest BCUT2D eigenvalue weighted by Crippen LogP contribution is -2.38. The van der Waals surface area contributed by atoms with Crippen molar-refractivity contribution in [3.8, 4) is 5.75 Å². The van der Waals surface area contributed by atoms with Gasteiger partial charge >= 0.3 is 5.97 Å². The molecule has 0 spiro atoms. The zero-order valence-electron chi connectivity index (χ0n) is 13.3. The number of carbonyl (C=O) groups excluding carboxylic acids is 1. The third kappa shape index (κ3) is 3.24. The third-order valence-electron chi connectivity index (χ3n) is 4.54. The standard InChI is InChI=1S/C17H23NO4/c1-11(13-6-4-5-7-15(13)22-3)10-16(19)18-9-8-14(12(18)2)17(20)21/h4-7,11-12,14H,8-10H2,1-3H3,(H,20,21). The molecule has 0 aliphatic carbocycles. The van der Waals surface area contributed by atoms with Crippen LogP contribution in [0.1, 0.15) is 38.2 Å². The molecule has 0 bridgehead atoms. The van der Waals surface area contributed by atoms with Gasteiger partial charge in [0.2, 0.25) is 5.91 Å². The van der Waals surface area contributed by atoms with Crippen molar-refractivity contribution in [2.24, 2.45) is 5.92 Å². The summed E-state index contributed by atoms with van der Waals surface area (Å²) in [7, 11) is 1.62. The van der Waals surface area contributed by atoms with Crippen LogP contribution in [0.2, 0.25) is 0 Å². The number of carboxylic acids is 1. The van der Waals surface area contributed by atoms with Gasteiger partial charge in [-0.1, -0.05) is 25.1 Å². The Balaban J connectivity index is 2.04. The van der Waals surface area contributed by atoms with Gasteiger partial charge in [0.1, 0.15) is 5.75 Å². The van der Waals surface area contributed by atoms with E-state index in [1.54, 1.807) is 12.0 Å². The summed E-state index contributed by atoms with van der Waals surface area (Å²) in [4.78, 5) is 25.4. The van der Waals surface area contributed by atoms with Crippen LogP contribution < -0.4 is 4.74 Å². The maximum absolute atomic E-state index is 12.5. The van der Waals surface area contributed by atoms with E-state index in [2.05, 4.69) is 0 Å². The molecule has 5 heteroatoms. The third-order valence-corrected chi connectivity index (χ3v) is 4.54. The van der Waals surface area contributed by atoms with Gasteiger partial charge in [0.25, 0.3) is 0 Å². The number of nitrogens with zero attached hydrogens (tertiary/aromatic N) is 1. The average Bonchev–Trinajstić information content (AvgIpc) is 2.89. The molecule has 1 aromatic carbocycles. The fourth-order valence-corrected chi connectivity index (χ4v) is 3.18. The first kappa shape index (κ1) is 16.3. The van der Waals surface area contributed by atoms with Crippen molar-refractivity contribution in [2.75, 3.05) is 13.7 Å². The van der Waals surface area contributed by atoms with E-state index >= 15 is 0 Å². The molecule has 120 valence electrons. The highest BCUT2D eigenvalue weighted by Gasteiger charge is 2.38. The molecule has 2 rings (SSSR count). The van der Waals surface area contributed by atoms with E-state index in [-0.39, 0.29) is 17.9 Å². The summed E-state index contributed by atoms with van der Waals surface area (Å²) in [5, 5.41) is 9.16. The van der Waals surface area contributed by atoms with Crippen molar-refractivity contribution in [1.29, 1.82) is 0 Å². The Kier molecular flexibility index (Phi) is 5.06. The molecule has 1 N–H and O–H groups in total. The molecule has 0 radical (unpaired) electrons. The summed E-state index contributed by atoms with van der Waals surface area (Å²) < 4.78 is 5.34. The zero-order chi connectivity index (χ0) is 16.3. The van der Waals surface area contributed by atoms with Gasteiger partial charge in [-0.2, -0.15) is 0 Å². The van der Waals surface area contributed by atoms with Gasteiger partial charge in [-0.25, -0.2) is 0 Å². The number of methoxy groups -OCH3 is 1. The molecular formula is C17H23NO4. The van der Waals surface area contributed by atoms with Crippen LogP contribution in [0.5, 0.6) is 5.75 Å². The molecular weight excluding hydrogens is 282 g/mol. The topological polar surface area (TPSA) is 66.8 Å². The van der Waals surface area contributed by atoms with Crippen LogP contribution in [0.4, 0.5) is 0 Å². The molecule has 1 saturated heterocycles. The van der Waals surface area contributed by atoms with E-state index < -0.39 is 11.9 Å². The summed E-state index contributed by atoms with van der Waals surface area (Å²) in [6.07, 6.45) is 0.891. The quantitative estimate of drug-likeness (QED) is 0.907. The highest BCUT2D eigenvalue weighted by atomic mass is 16.5. The minimum atomic E-state index is -0.819. The van der Waals surface area contributed by atoms with Gasteiger partial charge in [-0.15, -0.1) is 0 Å². The molecule has 22 heavy (non-hydrogen) atoms. The molecule has 1 aromatic rings. The lowest BCUT2D eigenvalue weighted by atomic mass is 9.96. The first-order chi connectivity index (χ1) is 10.5. The first-order valence-corrected chi connectivity index (χ1v) is 7.61. The maximum atomic E-state index is 12.5. The van der Waals surface area contributed by atoms with Crippen molar-refractivity contribution in [2.45, 2.75) is 38.6 Å². The molecule has 1 aliphatic rings. The van der Waals surface area contributed by atoms with Crippen LogP contribution in [0.3, 0.4) is 0 Å². The molecule has 0 saturated carbocycles. The minimum Gasteiger partial charge on any atom is -0.496 e. The molecule has 1 aliphatic heterocycles. The van der Waals surface area contributed by atoms with Crippen molar-refractivity contribution in [1.82, 2.24) is 4.90 Å². The van der Waals surface area contributed by atoms with Crippen LogP contribution in [-0.2, 0) is 9.59 Å². The highest BCUT2D eigenvalue weighted by molar-refractivity contribution is 5.80. The Morgan fingerprint density at radius 1 is 1.41 bits per heavy atom. The number of benzene rings is 1. The summed E-state index contributed by atoms with van der Waals surface area (Å²) in [6, 6.07) is 7.43. The van der Waals surface area contributed by atoms with Gasteiger partial charge in [-0.3, -0.25) is 9.59 Å². The molecule has 3 unspecified atom stereocenters. The van der Waals surface area contributed by atoms with Crippen molar-refractivity contribution >= 4 is 11.9 Å². The second kappa shape index (κ2) is 6.81. The van der Waals surface area contributed by atoms with Crippen LogP contribution in [0.15, 0.2) is 24.3 Å². The van der Waals surface area contributed by atoms with Gasteiger partial charge in [-0.05, 0) is 30.9 Å². The van der Waals surface area contributed by atoms with Crippen molar-refractivity contribution in [3.63, 3.8) is 0 Å². The van der Waals surface area contributed by atoms with E-state index in [4.69, 9.17) is 9.84 Å². The fraction of sp³-hybridized carbons (Fsp3) is 0.529.